The van der Waals surface area contributed by atoms with E-state index in [0.29, 0.717) is 12.5 Å². The van der Waals surface area contributed by atoms with Crippen molar-refractivity contribution in [2.24, 2.45) is 17.6 Å². The van der Waals surface area contributed by atoms with Crippen molar-refractivity contribution in [3.05, 3.63) is 0 Å². The zero-order valence-electron chi connectivity index (χ0n) is 11.2. The van der Waals surface area contributed by atoms with Crippen LogP contribution in [0.3, 0.4) is 0 Å². The molecule has 0 heterocycles. The molecule has 2 amide bonds. The van der Waals surface area contributed by atoms with Crippen LogP contribution in [0.4, 0.5) is 0 Å². The van der Waals surface area contributed by atoms with Gasteiger partial charge in [-0.25, -0.2) is 0 Å². The minimum atomic E-state index is -0.544. The van der Waals surface area contributed by atoms with E-state index >= 15 is 0 Å². The fourth-order valence-electron chi connectivity index (χ4n) is 1.18. The molecular weight excluding hydrogens is 218 g/mol. The molecule has 0 unspecified atom stereocenters. The maximum Gasteiger partial charge on any atom is 0.239 e. The van der Waals surface area contributed by atoms with Gasteiger partial charge in [-0.3, -0.25) is 9.59 Å². The molecule has 0 aliphatic carbocycles. The summed E-state index contributed by atoms with van der Waals surface area (Å²) in [4.78, 5) is 22.9. The zero-order valence-corrected chi connectivity index (χ0v) is 11.2. The second kappa shape index (κ2) is 8.06. The molecule has 100 valence electrons. The summed E-state index contributed by atoms with van der Waals surface area (Å²) in [6.45, 7) is 8.54. The number of carbonyl (C=O) groups is 2. The van der Waals surface area contributed by atoms with E-state index in [9.17, 15) is 9.59 Å². The Bertz CT molecular complexity index is 254. The van der Waals surface area contributed by atoms with Crippen LogP contribution >= 0.6 is 0 Å². The van der Waals surface area contributed by atoms with Crippen molar-refractivity contribution in [1.82, 2.24) is 10.6 Å². The molecule has 4 N–H and O–H groups in total. The number of nitrogens with one attached hydrogen (secondary N) is 2. The predicted molar refractivity (Wildman–Crippen MR) is 68.3 cm³/mol. The van der Waals surface area contributed by atoms with Crippen molar-refractivity contribution in [2.45, 2.75) is 40.2 Å². The molecular formula is C12H25N3O2. The zero-order chi connectivity index (χ0) is 13.4. The van der Waals surface area contributed by atoms with Crippen molar-refractivity contribution in [3.8, 4) is 0 Å². The Hall–Kier alpha value is -1.10. The number of carbonyl (C=O) groups excluding carboxylic acids is 2. The Labute approximate surface area is 104 Å². The van der Waals surface area contributed by atoms with E-state index in [-0.39, 0.29) is 24.3 Å². The molecule has 5 nitrogen and oxygen atoms in total. The lowest BCUT2D eigenvalue weighted by atomic mass is 9.99. The number of amides is 2. The summed E-state index contributed by atoms with van der Waals surface area (Å²) in [7, 11) is 0. The maximum absolute atomic E-state index is 11.6. The summed E-state index contributed by atoms with van der Waals surface area (Å²) in [5.41, 5.74) is 5.74. The molecule has 2 atom stereocenters. The number of rotatable bonds is 7. The maximum atomic E-state index is 11.6. The molecule has 0 aliphatic rings. The van der Waals surface area contributed by atoms with Crippen molar-refractivity contribution in [1.29, 1.82) is 0 Å². The minimum Gasteiger partial charge on any atom is -0.354 e. The minimum absolute atomic E-state index is 0.00428. The van der Waals surface area contributed by atoms with Crippen molar-refractivity contribution >= 4 is 11.8 Å². The van der Waals surface area contributed by atoms with Crippen LogP contribution in [0.15, 0.2) is 0 Å². The quantitative estimate of drug-likeness (QED) is 0.599. The van der Waals surface area contributed by atoms with Crippen LogP contribution in [-0.4, -0.2) is 30.9 Å². The smallest absolute Gasteiger partial charge is 0.239 e. The van der Waals surface area contributed by atoms with Crippen LogP contribution in [-0.2, 0) is 9.59 Å². The van der Waals surface area contributed by atoms with Gasteiger partial charge < -0.3 is 16.4 Å². The summed E-state index contributed by atoms with van der Waals surface area (Å²) in [6.07, 6.45) is 0.841. The van der Waals surface area contributed by atoms with E-state index < -0.39 is 6.04 Å². The Morgan fingerprint density at radius 3 is 2.24 bits per heavy atom. The van der Waals surface area contributed by atoms with E-state index in [1.54, 1.807) is 0 Å². The standard InChI is InChI=1S/C12H25N3O2/c1-5-9(4)11(13)12(17)15-7-10(16)14-6-8(2)3/h8-9,11H,5-7,13H2,1-4H3,(H,14,16)(H,15,17)/t9-,11-/m0/s1. The first-order valence-corrected chi connectivity index (χ1v) is 6.18. The monoisotopic (exact) mass is 243 g/mol. The van der Waals surface area contributed by atoms with Crippen LogP contribution < -0.4 is 16.4 Å². The SMILES string of the molecule is CC[C@H](C)[C@H](N)C(=O)NCC(=O)NCC(C)C. The summed E-state index contributed by atoms with van der Waals surface area (Å²) in [5.74, 6) is 0.0770. The Kier molecular flexibility index (Phi) is 7.54. The molecule has 0 aliphatic heterocycles. The van der Waals surface area contributed by atoms with Crippen molar-refractivity contribution in [2.75, 3.05) is 13.1 Å². The highest BCUT2D eigenvalue weighted by Gasteiger charge is 2.19. The normalized spacial score (nSPS) is 14.2. The molecule has 0 rings (SSSR count). The summed E-state index contributed by atoms with van der Waals surface area (Å²) < 4.78 is 0. The first kappa shape index (κ1) is 15.9. The van der Waals surface area contributed by atoms with Gasteiger partial charge in [0.25, 0.3) is 0 Å². The summed E-state index contributed by atoms with van der Waals surface area (Å²) in [5, 5.41) is 5.27. The summed E-state index contributed by atoms with van der Waals surface area (Å²) >= 11 is 0. The van der Waals surface area contributed by atoms with Gasteiger partial charge in [0, 0.05) is 6.54 Å². The number of hydrogen-bond acceptors (Lipinski definition) is 3. The largest absolute Gasteiger partial charge is 0.354 e. The Morgan fingerprint density at radius 2 is 1.76 bits per heavy atom. The van der Waals surface area contributed by atoms with Crippen molar-refractivity contribution < 1.29 is 9.59 Å². The molecule has 0 spiro atoms. The van der Waals surface area contributed by atoms with Crippen LogP contribution in [0.2, 0.25) is 0 Å². The first-order valence-electron chi connectivity index (χ1n) is 6.18. The average molecular weight is 243 g/mol. The van der Waals surface area contributed by atoms with Gasteiger partial charge in [-0.2, -0.15) is 0 Å². The number of hydrogen-bond donors (Lipinski definition) is 3. The van der Waals surface area contributed by atoms with E-state index in [0.717, 1.165) is 6.42 Å². The van der Waals surface area contributed by atoms with Gasteiger partial charge >= 0.3 is 0 Å². The third-order valence-electron chi connectivity index (χ3n) is 2.69. The fourth-order valence-corrected chi connectivity index (χ4v) is 1.18. The molecule has 0 saturated heterocycles. The molecule has 0 fully saturated rings. The molecule has 0 saturated carbocycles. The molecule has 0 aromatic heterocycles. The molecule has 0 bridgehead atoms. The topological polar surface area (TPSA) is 84.2 Å². The predicted octanol–water partition coefficient (Wildman–Crippen LogP) is 0.248. The molecule has 0 aromatic rings. The lowest BCUT2D eigenvalue weighted by molar-refractivity contribution is -0.127. The van der Waals surface area contributed by atoms with Gasteiger partial charge in [-0.1, -0.05) is 34.1 Å². The van der Waals surface area contributed by atoms with Gasteiger partial charge in [0.15, 0.2) is 0 Å². The summed E-state index contributed by atoms with van der Waals surface area (Å²) in [6, 6.07) is -0.544. The van der Waals surface area contributed by atoms with Crippen LogP contribution in [0.5, 0.6) is 0 Å². The second-order valence-electron chi connectivity index (χ2n) is 4.83. The highest BCUT2D eigenvalue weighted by atomic mass is 16.2. The number of nitrogens with two attached hydrogens (primary N) is 1. The molecule has 17 heavy (non-hydrogen) atoms. The van der Waals surface area contributed by atoms with E-state index in [1.807, 2.05) is 27.7 Å². The lowest BCUT2D eigenvalue weighted by Crippen LogP contribution is -2.47. The second-order valence-corrected chi connectivity index (χ2v) is 4.83. The lowest BCUT2D eigenvalue weighted by Gasteiger charge is -2.17. The fraction of sp³-hybridized carbons (Fsp3) is 0.833. The Morgan fingerprint density at radius 1 is 1.18 bits per heavy atom. The van der Waals surface area contributed by atoms with E-state index in [1.165, 1.54) is 0 Å². The van der Waals surface area contributed by atoms with Gasteiger partial charge in [0.2, 0.25) is 11.8 Å². The van der Waals surface area contributed by atoms with Gasteiger partial charge in [0.1, 0.15) is 0 Å². The van der Waals surface area contributed by atoms with Crippen LogP contribution in [0, 0.1) is 11.8 Å². The molecule has 0 radical (unpaired) electrons. The van der Waals surface area contributed by atoms with Gasteiger partial charge in [0.05, 0.1) is 12.6 Å². The average Bonchev–Trinajstić information content (AvgIpc) is 2.31. The van der Waals surface area contributed by atoms with E-state index in [4.69, 9.17) is 5.73 Å². The van der Waals surface area contributed by atoms with Crippen molar-refractivity contribution in [3.63, 3.8) is 0 Å². The van der Waals surface area contributed by atoms with Crippen LogP contribution in [0.1, 0.15) is 34.1 Å². The third kappa shape index (κ3) is 6.94. The van der Waals surface area contributed by atoms with Gasteiger partial charge in [-0.15, -0.1) is 0 Å². The third-order valence-corrected chi connectivity index (χ3v) is 2.69. The van der Waals surface area contributed by atoms with Crippen LogP contribution in [0.25, 0.3) is 0 Å². The van der Waals surface area contributed by atoms with Gasteiger partial charge in [-0.05, 0) is 11.8 Å². The molecule has 5 heteroatoms. The highest BCUT2D eigenvalue weighted by Crippen LogP contribution is 2.04. The highest BCUT2D eigenvalue weighted by molar-refractivity contribution is 5.87. The van der Waals surface area contributed by atoms with E-state index in [2.05, 4.69) is 10.6 Å². The first-order chi connectivity index (χ1) is 7.88. The Balaban J connectivity index is 3.87. The molecule has 0 aromatic carbocycles.